The standard InChI is InChI=1S/C14H16N2O2/c1-8-5-9(2)13(10(3)6-8)16-11(4)12(7-15-16)14(17)18/h5-7H,1-4H3,(H,17,18). The second-order valence-electron chi connectivity index (χ2n) is 4.61. The molecule has 0 radical (unpaired) electrons. The lowest BCUT2D eigenvalue weighted by molar-refractivity contribution is 0.0696. The van der Waals surface area contributed by atoms with Crippen LogP contribution in [0.5, 0.6) is 0 Å². The molecule has 94 valence electrons. The van der Waals surface area contributed by atoms with Gasteiger partial charge >= 0.3 is 5.97 Å². The van der Waals surface area contributed by atoms with E-state index in [9.17, 15) is 4.79 Å². The third kappa shape index (κ3) is 1.90. The number of benzene rings is 1. The summed E-state index contributed by atoms with van der Waals surface area (Å²) in [5.74, 6) is -0.943. The van der Waals surface area contributed by atoms with E-state index in [0.29, 0.717) is 5.69 Å². The van der Waals surface area contributed by atoms with Crippen LogP contribution in [0.3, 0.4) is 0 Å². The molecule has 0 saturated carbocycles. The minimum Gasteiger partial charge on any atom is -0.478 e. The van der Waals surface area contributed by atoms with E-state index in [-0.39, 0.29) is 5.56 Å². The van der Waals surface area contributed by atoms with Crippen molar-refractivity contribution in [3.05, 3.63) is 46.3 Å². The van der Waals surface area contributed by atoms with Crippen LogP contribution in [0.15, 0.2) is 18.3 Å². The Kier molecular flexibility index (Phi) is 2.95. The number of nitrogens with zero attached hydrogens (tertiary/aromatic N) is 2. The van der Waals surface area contributed by atoms with Gasteiger partial charge in [0, 0.05) is 0 Å². The molecule has 0 aliphatic heterocycles. The molecule has 0 aliphatic carbocycles. The lowest BCUT2D eigenvalue weighted by atomic mass is 10.0. The Bertz CT molecular complexity index is 604. The van der Waals surface area contributed by atoms with E-state index in [1.54, 1.807) is 11.6 Å². The zero-order valence-electron chi connectivity index (χ0n) is 11.0. The summed E-state index contributed by atoms with van der Waals surface area (Å²) in [7, 11) is 0. The molecule has 4 nitrogen and oxygen atoms in total. The van der Waals surface area contributed by atoms with E-state index in [1.165, 1.54) is 11.8 Å². The van der Waals surface area contributed by atoms with Gasteiger partial charge in [0.1, 0.15) is 5.56 Å². The fourth-order valence-corrected chi connectivity index (χ4v) is 2.35. The summed E-state index contributed by atoms with van der Waals surface area (Å²) in [6.45, 7) is 7.84. The monoisotopic (exact) mass is 244 g/mol. The number of aromatic carboxylic acids is 1. The molecular formula is C14H16N2O2. The van der Waals surface area contributed by atoms with E-state index in [2.05, 4.69) is 17.2 Å². The molecule has 1 heterocycles. The Morgan fingerprint density at radius 3 is 2.17 bits per heavy atom. The molecule has 0 amide bonds. The Morgan fingerprint density at radius 1 is 1.17 bits per heavy atom. The van der Waals surface area contributed by atoms with Crippen LogP contribution in [-0.2, 0) is 0 Å². The Balaban J connectivity index is 2.67. The van der Waals surface area contributed by atoms with Crippen molar-refractivity contribution in [1.82, 2.24) is 9.78 Å². The molecule has 0 unspecified atom stereocenters. The molecule has 2 rings (SSSR count). The zero-order valence-corrected chi connectivity index (χ0v) is 11.0. The van der Waals surface area contributed by atoms with Crippen LogP contribution in [0.25, 0.3) is 5.69 Å². The first-order valence-electron chi connectivity index (χ1n) is 5.78. The third-order valence-electron chi connectivity index (χ3n) is 3.09. The topological polar surface area (TPSA) is 55.1 Å². The van der Waals surface area contributed by atoms with Gasteiger partial charge in [0.05, 0.1) is 17.6 Å². The van der Waals surface area contributed by atoms with Crippen LogP contribution in [-0.4, -0.2) is 20.9 Å². The van der Waals surface area contributed by atoms with E-state index in [0.717, 1.165) is 16.8 Å². The lowest BCUT2D eigenvalue weighted by Gasteiger charge is -2.13. The van der Waals surface area contributed by atoms with Gasteiger partial charge in [-0.15, -0.1) is 0 Å². The van der Waals surface area contributed by atoms with Crippen LogP contribution >= 0.6 is 0 Å². The van der Waals surface area contributed by atoms with Gasteiger partial charge in [0.15, 0.2) is 0 Å². The number of aryl methyl sites for hydroxylation is 3. The summed E-state index contributed by atoms with van der Waals surface area (Å²) < 4.78 is 1.70. The molecular weight excluding hydrogens is 228 g/mol. The second-order valence-corrected chi connectivity index (χ2v) is 4.61. The summed E-state index contributed by atoms with van der Waals surface area (Å²) in [4.78, 5) is 11.0. The van der Waals surface area contributed by atoms with E-state index >= 15 is 0 Å². The van der Waals surface area contributed by atoms with Crippen molar-refractivity contribution in [3.8, 4) is 5.69 Å². The van der Waals surface area contributed by atoms with Crippen molar-refractivity contribution in [2.24, 2.45) is 0 Å². The minimum atomic E-state index is -0.943. The third-order valence-corrected chi connectivity index (χ3v) is 3.09. The fraction of sp³-hybridized carbons (Fsp3) is 0.286. The number of carbonyl (C=O) groups is 1. The summed E-state index contributed by atoms with van der Waals surface area (Å²) in [6, 6.07) is 4.15. The zero-order chi connectivity index (χ0) is 13.4. The predicted octanol–water partition coefficient (Wildman–Crippen LogP) is 2.80. The normalized spacial score (nSPS) is 10.7. The first-order chi connectivity index (χ1) is 8.41. The van der Waals surface area contributed by atoms with Crippen LogP contribution in [0.1, 0.15) is 32.7 Å². The van der Waals surface area contributed by atoms with Gasteiger partial charge < -0.3 is 5.11 Å². The second kappa shape index (κ2) is 4.29. The van der Waals surface area contributed by atoms with Crippen LogP contribution in [0.2, 0.25) is 0 Å². The van der Waals surface area contributed by atoms with Crippen LogP contribution in [0, 0.1) is 27.7 Å². The number of carboxylic acid groups (broad SMARTS) is 1. The average molecular weight is 244 g/mol. The van der Waals surface area contributed by atoms with Gasteiger partial charge in [-0.2, -0.15) is 5.10 Å². The van der Waals surface area contributed by atoms with Crippen molar-refractivity contribution in [1.29, 1.82) is 0 Å². The molecule has 18 heavy (non-hydrogen) atoms. The van der Waals surface area contributed by atoms with Crippen molar-refractivity contribution in [2.75, 3.05) is 0 Å². The van der Waals surface area contributed by atoms with Gasteiger partial charge in [-0.05, 0) is 38.8 Å². The van der Waals surface area contributed by atoms with Crippen LogP contribution < -0.4 is 0 Å². The molecule has 0 atom stereocenters. The summed E-state index contributed by atoms with van der Waals surface area (Å²) in [6.07, 6.45) is 1.40. The first-order valence-corrected chi connectivity index (χ1v) is 5.78. The molecule has 0 fully saturated rings. The van der Waals surface area contributed by atoms with Gasteiger partial charge in [0.2, 0.25) is 0 Å². The molecule has 0 bridgehead atoms. The van der Waals surface area contributed by atoms with E-state index in [4.69, 9.17) is 5.11 Å². The largest absolute Gasteiger partial charge is 0.478 e. The Hall–Kier alpha value is -2.10. The van der Waals surface area contributed by atoms with E-state index < -0.39 is 5.97 Å². The number of carboxylic acids is 1. The molecule has 0 saturated heterocycles. The maximum absolute atomic E-state index is 11.0. The highest BCUT2D eigenvalue weighted by Crippen LogP contribution is 2.23. The fourth-order valence-electron chi connectivity index (χ4n) is 2.35. The van der Waals surface area contributed by atoms with Gasteiger partial charge in [-0.25, -0.2) is 9.48 Å². The maximum atomic E-state index is 11.0. The van der Waals surface area contributed by atoms with Gasteiger partial charge in [-0.3, -0.25) is 0 Å². The Labute approximate surface area is 106 Å². The number of hydrogen-bond acceptors (Lipinski definition) is 2. The average Bonchev–Trinajstić information content (AvgIpc) is 2.59. The first kappa shape index (κ1) is 12.4. The van der Waals surface area contributed by atoms with Crippen molar-refractivity contribution in [3.63, 3.8) is 0 Å². The van der Waals surface area contributed by atoms with Crippen LogP contribution in [0.4, 0.5) is 0 Å². The predicted molar refractivity (Wildman–Crippen MR) is 69.5 cm³/mol. The highest BCUT2D eigenvalue weighted by Gasteiger charge is 2.16. The summed E-state index contributed by atoms with van der Waals surface area (Å²) in [5, 5.41) is 13.2. The minimum absolute atomic E-state index is 0.245. The Morgan fingerprint density at radius 2 is 1.72 bits per heavy atom. The lowest BCUT2D eigenvalue weighted by Crippen LogP contribution is -2.06. The van der Waals surface area contributed by atoms with E-state index in [1.807, 2.05) is 20.8 Å². The van der Waals surface area contributed by atoms with Gasteiger partial charge in [-0.1, -0.05) is 17.7 Å². The highest BCUT2D eigenvalue weighted by molar-refractivity contribution is 5.88. The van der Waals surface area contributed by atoms with Crippen molar-refractivity contribution >= 4 is 5.97 Å². The number of aromatic nitrogens is 2. The summed E-state index contributed by atoms with van der Waals surface area (Å²) in [5.41, 5.74) is 5.24. The molecule has 4 heteroatoms. The molecule has 0 spiro atoms. The molecule has 0 aliphatic rings. The smallest absolute Gasteiger partial charge is 0.339 e. The highest BCUT2D eigenvalue weighted by atomic mass is 16.4. The van der Waals surface area contributed by atoms with Crippen molar-refractivity contribution in [2.45, 2.75) is 27.7 Å². The van der Waals surface area contributed by atoms with Crippen molar-refractivity contribution < 1.29 is 9.90 Å². The summed E-state index contributed by atoms with van der Waals surface area (Å²) >= 11 is 0. The quantitative estimate of drug-likeness (QED) is 0.883. The van der Waals surface area contributed by atoms with Gasteiger partial charge in [0.25, 0.3) is 0 Å². The number of rotatable bonds is 2. The molecule has 1 aromatic heterocycles. The SMILES string of the molecule is Cc1cc(C)c(-n2ncc(C(=O)O)c2C)c(C)c1. The molecule has 1 aromatic carbocycles. The maximum Gasteiger partial charge on any atom is 0.339 e. The number of hydrogen-bond donors (Lipinski definition) is 1. The molecule has 1 N–H and O–H groups in total. The molecule has 2 aromatic rings.